The number of amides is 3. The fourth-order valence-corrected chi connectivity index (χ4v) is 2.50. The summed E-state index contributed by atoms with van der Waals surface area (Å²) in [6.45, 7) is 10.4. The summed E-state index contributed by atoms with van der Waals surface area (Å²) in [5.74, 6) is 0.506. The molecule has 1 aliphatic heterocycles. The Morgan fingerprint density at radius 3 is 2.52 bits per heavy atom. The Balaban J connectivity index is 2.15. The summed E-state index contributed by atoms with van der Waals surface area (Å²) >= 11 is 0. The molecule has 5 heteroatoms. The summed E-state index contributed by atoms with van der Waals surface area (Å²) in [7, 11) is 0. The maximum Gasteiger partial charge on any atom is 0.325 e. The summed E-state index contributed by atoms with van der Waals surface area (Å²) in [4.78, 5) is 26.0. The molecule has 0 aliphatic carbocycles. The molecule has 23 heavy (non-hydrogen) atoms. The highest BCUT2D eigenvalue weighted by atomic mass is 16.5. The Morgan fingerprint density at radius 2 is 1.96 bits per heavy atom. The number of benzene rings is 1. The lowest BCUT2D eigenvalue weighted by molar-refractivity contribution is -0.131. The van der Waals surface area contributed by atoms with E-state index in [9.17, 15) is 9.59 Å². The van der Waals surface area contributed by atoms with Crippen molar-refractivity contribution in [2.45, 2.75) is 39.2 Å². The highest BCUT2D eigenvalue weighted by molar-refractivity contribution is 6.07. The Labute approximate surface area is 137 Å². The van der Waals surface area contributed by atoms with Crippen LogP contribution in [0.4, 0.5) is 4.79 Å². The van der Waals surface area contributed by atoms with Crippen LogP contribution in [0.1, 0.15) is 39.2 Å². The topological polar surface area (TPSA) is 58.6 Å². The number of unbranched alkanes of at least 4 members (excludes halogenated alkanes) is 1. The molecule has 1 fully saturated rings. The average molecular weight is 316 g/mol. The smallest absolute Gasteiger partial charge is 0.325 e. The maximum absolute atomic E-state index is 12.6. The van der Waals surface area contributed by atoms with Gasteiger partial charge in [0.05, 0.1) is 0 Å². The molecule has 1 saturated heterocycles. The van der Waals surface area contributed by atoms with E-state index in [4.69, 9.17) is 4.74 Å². The van der Waals surface area contributed by atoms with E-state index in [1.54, 1.807) is 19.1 Å². The first-order valence-corrected chi connectivity index (χ1v) is 7.90. The van der Waals surface area contributed by atoms with Crippen LogP contribution in [-0.4, -0.2) is 30.0 Å². The highest BCUT2D eigenvalue weighted by Crippen LogP contribution is 2.30. The van der Waals surface area contributed by atoms with Crippen LogP contribution in [0.25, 0.3) is 0 Å². The van der Waals surface area contributed by atoms with E-state index in [1.807, 2.05) is 26.0 Å². The SMILES string of the molecule is C=C(C)COc1ccc(C2(C)NC(=O)N(CCCC)C2=O)cc1. The van der Waals surface area contributed by atoms with Crippen molar-refractivity contribution in [1.29, 1.82) is 0 Å². The first kappa shape index (κ1) is 17.1. The van der Waals surface area contributed by atoms with E-state index >= 15 is 0 Å². The van der Waals surface area contributed by atoms with Crippen LogP contribution >= 0.6 is 0 Å². The molecular formula is C18H24N2O3. The number of rotatable bonds is 7. The predicted molar refractivity (Wildman–Crippen MR) is 89.3 cm³/mol. The van der Waals surface area contributed by atoms with Crippen molar-refractivity contribution in [2.75, 3.05) is 13.2 Å². The summed E-state index contributed by atoms with van der Waals surface area (Å²) in [6, 6.07) is 6.91. The van der Waals surface area contributed by atoms with Gasteiger partial charge in [-0.25, -0.2) is 4.79 Å². The first-order chi connectivity index (χ1) is 10.9. The highest BCUT2D eigenvalue weighted by Gasteiger charge is 2.48. The van der Waals surface area contributed by atoms with Crippen molar-refractivity contribution in [3.05, 3.63) is 42.0 Å². The van der Waals surface area contributed by atoms with Crippen molar-refractivity contribution in [2.24, 2.45) is 0 Å². The number of hydrogen-bond donors (Lipinski definition) is 1. The van der Waals surface area contributed by atoms with Crippen molar-refractivity contribution >= 4 is 11.9 Å². The van der Waals surface area contributed by atoms with Crippen LogP contribution in [0.15, 0.2) is 36.4 Å². The third-order valence-corrected chi connectivity index (χ3v) is 3.93. The summed E-state index contributed by atoms with van der Waals surface area (Å²) in [5, 5.41) is 2.81. The zero-order valence-electron chi connectivity index (χ0n) is 14.0. The van der Waals surface area contributed by atoms with Crippen molar-refractivity contribution in [1.82, 2.24) is 10.2 Å². The Bertz CT molecular complexity index is 609. The lowest BCUT2D eigenvalue weighted by atomic mass is 9.92. The number of imide groups is 1. The summed E-state index contributed by atoms with van der Waals surface area (Å²) in [5.41, 5.74) is 0.668. The normalized spacial score (nSPS) is 20.6. The number of ether oxygens (including phenoxy) is 1. The quantitative estimate of drug-likeness (QED) is 0.621. The Morgan fingerprint density at radius 1 is 1.30 bits per heavy atom. The van der Waals surface area contributed by atoms with E-state index in [0.717, 1.165) is 24.0 Å². The summed E-state index contributed by atoms with van der Waals surface area (Å²) < 4.78 is 5.56. The van der Waals surface area contributed by atoms with Gasteiger partial charge >= 0.3 is 6.03 Å². The van der Waals surface area contributed by atoms with Crippen LogP contribution in [0.5, 0.6) is 5.75 Å². The number of carbonyl (C=O) groups excluding carboxylic acids is 2. The molecule has 5 nitrogen and oxygen atoms in total. The number of nitrogens with zero attached hydrogens (tertiary/aromatic N) is 1. The van der Waals surface area contributed by atoms with Gasteiger partial charge in [0.1, 0.15) is 17.9 Å². The van der Waals surface area contributed by atoms with Crippen LogP contribution in [0, 0.1) is 0 Å². The lowest BCUT2D eigenvalue weighted by Crippen LogP contribution is -2.40. The molecule has 0 saturated carbocycles. The molecule has 0 spiro atoms. The largest absolute Gasteiger partial charge is 0.489 e. The molecule has 1 aromatic rings. The van der Waals surface area contributed by atoms with Crippen LogP contribution in [0.2, 0.25) is 0 Å². The van der Waals surface area contributed by atoms with Crippen molar-refractivity contribution in [3.63, 3.8) is 0 Å². The number of urea groups is 1. The third kappa shape index (κ3) is 3.55. The molecule has 2 rings (SSSR count). The molecule has 1 aromatic carbocycles. The molecule has 0 radical (unpaired) electrons. The van der Waals surface area contributed by atoms with Gasteiger partial charge in [-0.15, -0.1) is 0 Å². The number of carbonyl (C=O) groups is 2. The van der Waals surface area contributed by atoms with Gasteiger partial charge in [-0.05, 0) is 43.5 Å². The fraction of sp³-hybridized carbons (Fsp3) is 0.444. The van der Waals surface area contributed by atoms with Gasteiger partial charge in [0, 0.05) is 6.54 Å². The van der Waals surface area contributed by atoms with E-state index < -0.39 is 5.54 Å². The molecular weight excluding hydrogens is 292 g/mol. The van der Waals surface area contributed by atoms with Gasteiger partial charge in [0.2, 0.25) is 0 Å². The van der Waals surface area contributed by atoms with Crippen LogP contribution in [0.3, 0.4) is 0 Å². The second kappa shape index (κ2) is 6.86. The Hall–Kier alpha value is -2.30. The molecule has 1 N–H and O–H groups in total. The molecule has 1 unspecified atom stereocenters. The number of nitrogens with one attached hydrogen (secondary N) is 1. The average Bonchev–Trinajstić information content (AvgIpc) is 2.74. The van der Waals surface area contributed by atoms with Crippen molar-refractivity contribution in [3.8, 4) is 5.75 Å². The van der Waals surface area contributed by atoms with E-state index in [-0.39, 0.29) is 11.9 Å². The monoisotopic (exact) mass is 316 g/mol. The predicted octanol–water partition coefficient (Wildman–Crippen LogP) is 3.21. The third-order valence-electron chi connectivity index (χ3n) is 3.93. The summed E-state index contributed by atoms with van der Waals surface area (Å²) in [6.07, 6.45) is 1.74. The van der Waals surface area contributed by atoms with Gasteiger partial charge < -0.3 is 10.1 Å². The zero-order valence-corrected chi connectivity index (χ0v) is 14.0. The molecule has 3 amide bonds. The molecule has 0 bridgehead atoms. The molecule has 1 atom stereocenters. The first-order valence-electron chi connectivity index (χ1n) is 7.90. The minimum atomic E-state index is -1.02. The second-order valence-electron chi connectivity index (χ2n) is 6.14. The van der Waals surface area contributed by atoms with Gasteiger partial charge in [-0.2, -0.15) is 0 Å². The standard InChI is InChI=1S/C18H24N2O3/c1-5-6-11-20-16(21)18(4,19-17(20)22)14-7-9-15(10-8-14)23-12-13(2)3/h7-10H,2,5-6,11-12H2,1,3-4H3,(H,19,22). The second-order valence-corrected chi connectivity index (χ2v) is 6.14. The fourth-order valence-electron chi connectivity index (χ4n) is 2.50. The molecule has 0 aromatic heterocycles. The van der Waals surface area contributed by atoms with E-state index in [0.29, 0.717) is 18.9 Å². The minimum Gasteiger partial charge on any atom is -0.489 e. The number of hydrogen-bond acceptors (Lipinski definition) is 3. The van der Waals surface area contributed by atoms with Crippen LogP contribution in [-0.2, 0) is 10.3 Å². The molecule has 124 valence electrons. The zero-order chi connectivity index (χ0) is 17.0. The molecule has 1 aliphatic rings. The van der Waals surface area contributed by atoms with E-state index in [2.05, 4.69) is 11.9 Å². The van der Waals surface area contributed by atoms with Gasteiger partial charge in [-0.3, -0.25) is 9.69 Å². The van der Waals surface area contributed by atoms with Gasteiger partial charge in [-0.1, -0.05) is 32.1 Å². The van der Waals surface area contributed by atoms with E-state index in [1.165, 1.54) is 4.90 Å². The van der Waals surface area contributed by atoms with Crippen molar-refractivity contribution < 1.29 is 14.3 Å². The van der Waals surface area contributed by atoms with Gasteiger partial charge in [0.15, 0.2) is 0 Å². The minimum absolute atomic E-state index is 0.202. The molecule has 1 heterocycles. The Kier molecular flexibility index (Phi) is 5.08. The van der Waals surface area contributed by atoms with Gasteiger partial charge in [0.25, 0.3) is 5.91 Å². The van der Waals surface area contributed by atoms with Crippen LogP contribution < -0.4 is 10.1 Å². The lowest BCUT2D eigenvalue weighted by Gasteiger charge is -2.22. The maximum atomic E-state index is 12.6.